The number of para-hydroxylation sites is 1. The maximum atomic E-state index is 11.1. The van der Waals surface area contributed by atoms with Crippen molar-refractivity contribution in [2.45, 2.75) is 0 Å². The second kappa shape index (κ2) is 4.90. The molecular weight excluding hydrogens is 270 g/mol. The topological polar surface area (TPSA) is 77.2 Å². The van der Waals surface area contributed by atoms with Gasteiger partial charge < -0.3 is 14.4 Å². The van der Waals surface area contributed by atoms with Crippen molar-refractivity contribution in [3.8, 4) is 17.3 Å². The molecule has 0 amide bonds. The van der Waals surface area contributed by atoms with Gasteiger partial charge in [-0.15, -0.1) is 0 Å². The number of rotatable bonds is 3. The predicted molar refractivity (Wildman–Crippen MR) is 77.5 cm³/mol. The van der Waals surface area contributed by atoms with Crippen LogP contribution in [0, 0.1) is 0 Å². The van der Waals surface area contributed by atoms with E-state index in [1.165, 1.54) is 17.9 Å². The number of aromatic nitrogens is 3. The van der Waals surface area contributed by atoms with Gasteiger partial charge in [-0.05, 0) is 12.1 Å². The lowest BCUT2D eigenvalue weighted by atomic mass is 10.1. The summed E-state index contributed by atoms with van der Waals surface area (Å²) in [6.45, 7) is 0. The Morgan fingerprint density at radius 2 is 2.10 bits per heavy atom. The van der Waals surface area contributed by atoms with E-state index < -0.39 is 5.97 Å². The van der Waals surface area contributed by atoms with Crippen LogP contribution in [0.2, 0.25) is 0 Å². The monoisotopic (exact) mass is 283 g/mol. The molecular formula is C15H13N3O3. The molecule has 0 radical (unpaired) electrons. The third-order valence-corrected chi connectivity index (χ3v) is 3.33. The number of carbonyl (C=O) groups is 1. The predicted octanol–water partition coefficient (Wildman–Crippen LogP) is 2.34. The van der Waals surface area contributed by atoms with Crippen LogP contribution in [0.15, 0.2) is 36.5 Å². The molecule has 21 heavy (non-hydrogen) atoms. The first kappa shape index (κ1) is 13.1. The summed E-state index contributed by atoms with van der Waals surface area (Å²) in [5.41, 5.74) is 1.58. The summed E-state index contributed by atoms with van der Waals surface area (Å²) in [6, 6.07) is 9.54. The summed E-state index contributed by atoms with van der Waals surface area (Å²) < 4.78 is 6.83. The average Bonchev–Trinajstić information content (AvgIpc) is 2.87. The Bertz CT molecular complexity index is 839. The first-order valence-corrected chi connectivity index (χ1v) is 6.31. The van der Waals surface area contributed by atoms with Crippen LogP contribution in [0.5, 0.6) is 5.88 Å². The number of hydrogen-bond donors (Lipinski definition) is 1. The Kier molecular flexibility index (Phi) is 3.06. The Labute approximate surface area is 120 Å². The van der Waals surface area contributed by atoms with Crippen molar-refractivity contribution in [3.63, 3.8) is 0 Å². The highest BCUT2D eigenvalue weighted by atomic mass is 16.5. The van der Waals surface area contributed by atoms with E-state index in [0.717, 1.165) is 10.9 Å². The molecule has 0 fully saturated rings. The second-order valence-electron chi connectivity index (χ2n) is 4.57. The molecule has 6 heteroatoms. The Morgan fingerprint density at radius 1 is 1.33 bits per heavy atom. The zero-order valence-electron chi connectivity index (χ0n) is 11.6. The zero-order chi connectivity index (χ0) is 15.0. The second-order valence-corrected chi connectivity index (χ2v) is 4.57. The van der Waals surface area contributed by atoms with Gasteiger partial charge in [0, 0.05) is 12.4 Å². The van der Waals surface area contributed by atoms with Gasteiger partial charge in [-0.25, -0.2) is 14.8 Å². The SMILES string of the molecule is COc1nc2ccccc2cc1-c1ncc(C(=O)O)n1C. The lowest BCUT2D eigenvalue weighted by molar-refractivity contribution is 0.0686. The number of hydrogen-bond acceptors (Lipinski definition) is 4. The van der Waals surface area contributed by atoms with Crippen molar-refractivity contribution in [1.82, 2.24) is 14.5 Å². The number of carboxylic acid groups (broad SMARTS) is 1. The highest BCUT2D eigenvalue weighted by Gasteiger charge is 2.18. The maximum absolute atomic E-state index is 11.1. The number of carboxylic acids is 1. The van der Waals surface area contributed by atoms with Gasteiger partial charge in [-0.3, -0.25) is 0 Å². The van der Waals surface area contributed by atoms with Crippen molar-refractivity contribution in [2.75, 3.05) is 7.11 Å². The Morgan fingerprint density at radius 3 is 2.76 bits per heavy atom. The molecule has 1 N–H and O–H groups in total. The third kappa shape index (κ3) is 2.10. The molecule has 6 nitrogen and oxygen atoms in total. The van der Waals surface area contributed by atoms with E-state index in [2.05, 4.69) is 9.97 Å². The van der Waals surface area contributed by atoms with Crippen molar-refractivity contribution < 1.29 is 14.6 Å². The van der Waals surface area contributed by atoms with E-state index in [1.807, 2.05) is 30.3 Å². The summed E-state index contributed by atoms with van der Waals surface area (Å²) >= 11 is 0. The van der Waals surface area contributed by atoms with Crippen molar-refractivity contribution in [1.29, 1.82) is 0 Å². The normalized spacial score (nSPS) is 10.8. The molecule has 2 heterocycles. The van der Waals surface area contributed by atoms with Crippen LogP contribution >= 0.6 is 0 Å². The van der Waals surface area contributed by atoms with Crippen molar-refractivity contribution >= 4 is 16.9 Å². The number of nitrogens with zero attached hydrogens (tertiary/aromatic N) is 3. The fraction of sp³-hybridized carbons (Fsp3) is 0.133. The van der Waals surface area contributed by atoms with Crippen LogP contribution in [0.25, 0.3) is 22.3 Å². The smallest absolute Gasteiger partial charge is 0.354 e. The first-order chi connectivity index (χ1) is 10.1. The molecule has 0 atom stereocenters. The van der Waals surface area contributed by atoms with Gasteiger partial charge in [0.25, 0.3) is 0 Å². The van der Waals surface area contributed by atoms with Crippen LogP contribution in [0.3, 0.4) is 0 Å². The molecule has 0 aliphatic carbocycles. The maximum Gasteiger partial charge on any atom is 0.354 e. The summed E-state index contributed by atoms with van der Waals surface area (Å²) in [4.78, 5) is 19.8. The molecule has 0 saturated carbocycles. The number of imidazole rings is 1. The largest absolute Gasteiger partial charge is 0.480 e. The number of ether oxygens (including phenoxy) is 1. The summed E-state index contributed by atoms with van der Waals surface area (Å²) in [5.74, 6) is -0.106. The van der Waals surface area contributed by atoms with Crippen LogP contribution < -0.4 is 4.74 Å². The van der Waals surface area contributed by atoms with Gasteiger partial charge in [0.15, 0.2) is 0 Å². The average molecular weight is 283 g/mol. The van der Waals surface area contributed by atoms with Gasteiger partial charge in [-0.1, -0.05) is 18.2 Å². The van der Waals surface area contributed by atoms with Gasteiger partial charge in [-0.2, -0.15) is 0 Å². The first-order valence-electron chi connectivity index (χ1n) is 6.31. The lowest BCUT2D eigenvalue weighted by Gasteiger charge is -2.09. The van der Waals surface area contributed by atoms with Crippen molar-refractivity contribution in [2.24, 2.45) is 7.05 Å². The molecule has 3 aromatic rings. The van der Waals surface area contributed by atoms with E-state index in [4.69, 9.17) is 9.84 Å². The summed E-state index contributed by atoms with van der Waals surface area (Å²) in [5, 5.41) is 10.1. The van der Waals surface area contributed by atoms with Crippen LogP contribution in [0.1, 0.15) is 10.5 Å². The summed E-state index contributed by atoms with van der Waals surface area (Å²) in [6.07, 6.45) is 1.33. The molecule has 2 aromatic heterocycles. The molecule has 0 saturated heterocycles. The zero-order valence-corrected chi connectivity index (χ0v) is 11.6. The molecule has 0 bridgehead atoms. The fourth-order valence-corrected chi connectivity index (χ4v) is 2.27. The Balaban J connectivity index is 2.26. The minimum atomic E-state index is -1.02. The number of pyridine rings is 1. The molecule has 106 valence electrons. The minimum Gasteiger partial charge on any atom is -0.480 e. The molecule has 3 rings (SSSR count). The number of methoxy groups -OCH3 is 1. The molecule has 0 unspecified atom stereocenters. The quantitative estimate of drug-likeness (QED) is 0.798. The van der Waals surface area contributed by atoms with Gasteiger partial charge in [0.1, 0.15) is 11.5 Å². The van der Waals surface area contributed by atoms with Gasteiger partial charge >= 0.3 is 5.97 Å². The van der Waals surface area contributed by atoms with E-state index in [-0.39, 0.29) is 5.69 Å². The number of aromatic carboxylic acids is 1. The lowest BCUT2D eigenvalue weighted by Crippen LogP contribution is -2.06. The fourth-order valence-electron chi connectivity index (χ4n) is 2.27. The number of fused-ring (bicyclic) bond motifs is 1. The molecule has 1 aromatic carbocycles. The van der Waals surface area contributed by atoms with E-state index in [1.54, 1.807) is 7.05 Å². The molecule has 0 aliphatic heterocycles. The third-order valence-electron chi connectivity index (χ3n) is 3.33. The van der Waals surface area contributed by atoms with E-state index in [0.29, 0.717) is 17.3 Å². The highest BCUT2D eigenvalue weighted by Crippen LogP contribution is 2.30. The molecule has 0 aliphatic rings. The Hall–Kier alpha value is -2.89. The minimum absolute atomic E-state index is 0.111. The van der Waals surface area contributed by atoms with Crippen molar-refractivity contribution in [3.05, 3.63) is 42.2 Å². The standard InChI is InChI=1S/C15H13N3O3/c1-18-12(15(19)20)8-16-13(18)10-7-9-5-3-4-6-11(9)17-14(10)21-2/h3-8H,1-2H3,(H,19,20). The highest BCUT2D eigenvalue weighted by molar-refractivity contribution is 5.88. The van der Waals surface area contributed by atoms with Gasteiger partial charge in [0.2, 0.25) is 5.88 Å². The molecule has 0 spiro atoms. The summed E-state index contributed by atoms with van der Waals surface area (Å²) in [7, 11) is 3.18. The van der Waals surface area contributed by atoms with Crippen LogP contribution in [-0.4, -0.2) is 32.7 Å². The number of benzene rings is 1. The van der Waals surface area contributed by atoms with E-state index >= 15 is 0 Å². The van der Waals surface area contributed by atoms with Gasteiger partial charge in [0.05, 0.1) is 24.4 Å². The van der Waals surface area contributed by atoms with Crippen LogP contribution in [-0.2, 0) is 7.05 Å². The van der Waals surface area contributed by atoms with E-state index in [9.17, 15) is 4.79 Å². The van der Waals surface area contributed by atoms with Crippen LogP contribution in [0.4, 0.5) is 0 Å².